The summed E-state index contributed by atoms with van der Waals surface area (Å²) in [6.45, 7) is -0.256. The highest BCUT2D eigenvalue weighted by molar-refractivity contribution is 5.95. The van der Waals surface area contributed by atoms with Gasteiger partial charge >= 0.3 is 0 Å². The number of aliphatic hydroxyl groups excluding tert-OH is 2. The van der Waals surface area contributed by atoms with Gasteiger partial charge < -0.3 is 19.8 Å². The van der Waals surface area contributed by atoms with Crippen molar-refractivity contribution < 1.29 is 10.2 Å². The molecule has 0 unspecified atom stereocenters. The Morgan fingerprint density at radius 1 is 1.13 bits per heavy atom. The maximum Gasteiger partial charge on any atom is 0.156 e. The molecule has 3 heterocycles. The standard InChI is InChI=1S/C17H16N4O2/c22-9-11(10-23)21-8-13(12-3-1-2-4-16(12)21)15-7-19-17-14(20-15)5-6-18-17/h1-8,11,22-23H,9-10H2,(H,18,19). The van der Waals surface area contributed by atoms with Crippen LogP contribution in [0.25, 0.3) is 33.3 Å². The Labute approximate surface area is 132 Å². The highest BCUT2D eigenvalue weighted by atomic mass is 16.3. The van der Waals surface area contributed by atoms with E-state index in [9.17, 15) is 10.2 Å². The number of nitrogens with one attached hydrogen (secondary N) is 1. The van der Waals surface area contributed by atoms with Crippen LogP contribution in [0.3, 0.4) is 0 Å². The highest BCUT2D eigenvalue weighted by Crippen LogP contribution is 2.31. The molecule has 0 spiro atoms. The van der Waals surface area contributed by atoms with Crippen molar-refractivity contribution in [3.05, 3.63) is 48.9 Å². The van der Waals surface area contributed by atoms with Crippen LogP contribution in [0.15, 0.2) is 48.9 Å². The van der Waals surface area contributed by atoms with Gasteiger partial charge in [-0.1, -0.05) is 18.2 Å². The Hall–Kier alpha value is -2.70. The molecule has 0 aliphatic rings. The fraction of sp³-hybridized carbons (Fsp3) is 0.176. The summed E-state index contributed by atoms with van der Waals surface area (Å²) < 4.78 is 1.90. The van der Waals surface area contributed by atoms with E-state index in [0.29, 0.717) is 0 Å². The average molecular weight is 308 g/mol. The molecule has 3 aromatic heterocycles. The number of benzene rings is 1. The van der Waals surface area contributed by atoms with E-state index in [1.807, 2.05) is 47.3 Å². The minimum absolute atomic E-state index is 0.128. The summed E-state index contributed by atoms with van der Waals surface area (Å²) in [6, 6.07) is 9.39. The fourth-order valence-electron chi connectivity index (χ4n) is 2.90. The minimum Gasteiger partial charge on any atom is -0.394 e. The quantitative estimate of drug-likeness (QED) is 0.539. The van der Waals surface area contributed by atoms with Gasteiger partial charge in [-0.15, -0.1) is 0 Å². The first-order valence-electron chi connectivity index (χ1n) is 7.43. The first kappa shape index (κ1) is 13.9. The number of nitrogens with zero attached hydrogens (tertiary/aromatic N) is 3. The molecular weight excluding hydrogens is 292 g/mol. The van der Waals surface area contributed by atoms with E-state index in [-0.39, 0.29) is 19.3 Å². The zero-order valence-corrected chi connectivity index (χ0v) is 12.3. The zero-order chi connectivity index (χ0) is 15.8. The third-order valence-electron chi connectivity index (χ3n) is 4.09. The van der Waals surface area contributed by atoms with Crippen molar-refractivity contribution >= 4 is 22.1 Å². The number of hydrogen-bond acceptors (Lipinski definition) is 4. The predicted molar refractivity (Wildman–Crippen MR) is 88.0 cm³/mol. The van der Waals surface area contributed by atoms with Crippen molar-refractivity contribution in [1.82, 2.24) is 19.5 Å². The van der Waals surface area contributed by atoms with Gasteiger partial charge in [-0.25, -0.2) is 9.97 Å². The van der Waals surface area contributed by atoms with Crippen molar-refractivity contribution in [3.63, 3.8) is 0 Å². The molecule has 0 aliphatic heterocycles. The maximum absolute atomic E-state index is 9.52. The summed E-state index contributed by atoms with van der Waals surface area (Å²) in [4.78, 5) is 12.1. The lowest BCUT2D eigenvalue weighted by Crippen LogP contribution is -2.16. The number of hydrogen-bond donors (Lipinski definition) is 3. The lowest BCUT2D eigenvalue weighted by atomic mass is 10.1. The predicted octanol–water partition coefficient (Wildman–Crippen LogP) is 2.11. The molecule has 1 aromatic carbocycles. The molecule has 0 radical (unpaired) electrons. The first-order chi connectivity index (χ1) is 11.3. The normalized spacial score (nSPS) is 11.8. The molecule has 4 aromatic rings. The van der Waals surface area contributed by atoms with E-state index in [1.54, 1.807) is 6.20 Å². The second-order valence-corrected chi connectivity index (χ2v) is 5.45. The molecule has 0 atom stereocenters. The maximum atomic E-state index is 9.52. The largest absolute Gasteiger partial charge is 0.394 e. The van der Waals surface area contributed by atoms with Crippen LogP contribution in [-0.2, 0) is 0 Å². The molecule has 6 heteroatoms. The Balaban J connectivity index is 1.95. The third-order valence-corrected chi connectivity index (χ3v) is 4.09. The van der Waals surface area contributed by atoms with E-state index in [1.165, 1.54) is 0 Å². The van der Waals surface area contributed by atoms with E-state index in [4.69, 9.17) is 0 Å². The summed E-state index contributed by atoms with van der Waals surface area (Å²) in [5, 5.41) is 20.1. The van der Waals surface area contributed by atoms with Gasteiger partial charge in [0.2, 0.25) is 0 Å². The smallest absolute Gasteiger partial charge is 0.156 e. The Morgan fingerprint density at radius 3 is 2.78 bits per heavy atom. The minimum atomic E-state index is -0.377. The van der Waals surface area contributed by atoms with E-state index < -0.39 is 0 Å². The number of H-pyrrole nitrogens is 1. The Bertz CT molecular complexity index is 969. The van der Waals surface area contributed by atoms with Gasteiger partial charge in [0, 0.05) is 28.9 Å². The molecule has 0 fully saturated rings. The molecule has 0 amide bonds. The van der Waals surface area contributed by atoms with Gasteiger partial charge in [-0.05, 0) is 12.1 Å². The average Bonchev–Trinajstić information content (AvgIpc) is 3.20. The molecule has 23 heavy (non-hydrogen) atoms. The molecule has 4 rings (SSSR count). The summed E-state index contributed by atoms with van der Waals surface area (Å²) in [6.07, 6.45) is 5.47. The molecule has 0 saturated carbocycles. The van der Waals surface area contributed by atoms with Gasteiger partial charge in [0.25, 0.3) is 0 Å². The van der Waals surface area contributed by atoms with Crippen LogP contribution in [0.1, 0.15) is 6.04 Å². The SMILES string of the molecule is OCC(CO)n1cc(-c2cnc3[nH]ccc3n2)c2ccccc21. The van der Waals surface area contributed by atoms with Crippen LogP contribution in [0, 0.1) is 0 Å². The Kier molecular flexibility index (Phi) is 3.33. The van der Waals surface area contributed by atoms with Crippen LogP contribution in [0.4, 0.5) is 0 Å². The van der Waals surface area contributed by atoms with Crippen LogP contribution in [0.2, 0.25) is 0 Å². The molecule has 0 aliphatic carbocycles. The van der Waals surface area contributed by atoms with Crippen molar-refractivity contribution in [1.29, 1.82) is 0 Å². The Morgan fingerprint density at radius 2 is 1.96 bits per heavy atom. The number of aromatic nitrogens is 4. The lowest BCUT2D eigenvalue weighted by molar-refractivity contribution is 0.157. The van der Waals surface area contributed by atoms with Crippen LogP contribution < -0.4 is 0 Å². The first-order valence-corrected chi connectivity index (χ1v) is 7.43. The molecule has 0 bridgehead atoms. The molecular formula is C17H16N4O2. The second kappa shape index (κ2) is 5.49. The fourth-order valence-corrected chi connectivity index (χ4v) is 2.90. The number of aliphatic hydroxyl groups is 2. The highest BCUT2D eigenvalue weighted by Gasteiger charge is 2.17. The van der Waals surface area contributed by atoms with Crippen LogP contribution in [0.5, 0.6) is 0 Å². The topological polar surface area (TPSA) is 87.0 Å². The van der Waals surface area contributed by atoms with Crippen LogP contribution in [-0.4, -0.2) is 42.9 Å². The second-order valence-electron chi connectivity index (χ2n) is 5.45. The van der Waals surface area contributed by atoms with Gasteiger partial charge in [-0.2, -0.15) is 0 Å². The summed E-state index contributed by atoms with van der Waals surface area (Å²) in [5.74, 6) is 0. The van der Waals surface area contributed by atoms with Gasteiger partial charge in [0.15, 0.2) is 5.65 Å². The van der Waals surface area contributed by atoms with Gasteiger partial charge in [-0.3, -0.25) is 0 Å². The number of rotatable bonds is 4. The van der Waals surface area contributed by atoms with Crippen LogP contribution >= 0.6 is 0 Å². The third kappa shape index (κ3) is 2.19. The number of fused-ring (bicyclic) bond motifs is 2. The lowest BCUT2D eigenvalue weighted by Gasteiger charge is -2.14. The van der Waals surface area contributed by atoms with Gasteiger partial charge in [0.1, 0.15) is 5.52 Å². The molecule has 0 saturated heterocycles. The summed E-state index contributed by atoms with van der Waals surface area (Å²) in [5.41, 5.74) is 4.21. The van der Waals surface area contributed by atoms with E-state index in [2.05, 4.69) is 15.0 Å². The molecule has 3 N–H and O–H groups in total. The van der Waals surface area contributed by atoms with Crippen molar-refractivity contribution in [2.24, 2.45) is 0 Å². The van der Waals surface area contributed by atoms with Crippen molar-refractivity contribution in [3.8, 4) is 11.3 Å². The molecule has 6 nitrogen and oxygen atoms in total. The van der Waals surface area contributed by atoms with Crippen molar-refractivity contribution in [2.75, 3.05) is 13.2 Å². The molecule has 116 valence electrons. The number of aromatic amines is 1. The monoisotopic (exact) mass is 308 g/mol. The number of para-hydroxylation sites is 1. The summed E-state index contributed by atoms with van der Waals surface area (Å²) in [7, 11) is 0. The van der Waals surface area contributed by atoms with E-state index in [0.717, 1.165) is 33.3 Å². The van der Waals surface area contributed by atoms with Crippen molar-refractivity contribution in [2.45, 2.75) is 6.04 Å². The summed E-state index contributed by atoms with van der Waals surface area (Å²) >= 11 is 0. The van der Waals surface area contributed by atoms with E-state index >= 15 is 0 Å². The zero-order valence-electron chi connectivity index (χ0n) is 12.3. The van der Waals surface area contributed by atoms with Gasteiger partial charge in [0.05, 0.1) is 31.1 Å².